The second-order valence-electron chi connectivity index (χ2n) is 10.3. The van der Waals surface area contributed by atoms with Gasteiger partial charge in [0, 0.05) is 54.6 Å². The van der Waals surface area contributed by atoms with Crippen molar-refractivity contribution in [2.45, 2.75) is 63.3 Å². The maximum atomic E-state index is 13.7. The minimum Gasteiger partial charge on any atom is -0.464 e. The van der Waals surface area contributed by atoms with Crippen LogP contribution in [0.15, 0.2) is 47.2 Å². The van der Waals surface area contributed by atoms with E-state index in [0.717, 1.165) is 61.3 Å². The number of rotatable bonds is 5. The molecule has 4 unspecified atom stereocenters. The second kappa shape index (κ2) is 8.98. The van der Waals surface area contributed by atoms with E-state index in [2.05, 4.69) is 68.5 Å². The number of piperidine rings is 1. The quantitative estimate of drug-likeness (QED) is 0.440. The van der Waals surface area contributed by atoms with Crippen LogP contribution in [0, 0.1) is 5.92 Å². The number of hydrogen-bond donors (Lipinski definition) is 1. The van der Waals surface area contributed by atoms with Crippen LogP contribution in [0.25, 0.3) is 22.2 Å². The molecule has 1 saturated heterocycles. The summed E-state index contributed by atoms with van der Waals surface area (Å²) in [6.07, 6.45) is 9.82. The molecule has 4 aromatic rings. The fraction of sp³-hybridized carbons (Fsp3) is 0.481. The summed E-state index contributed by atoms with van der Waals surface area (Å²) in [6.45, 7) is 3.03. The van der Waals surface area contributed by atoms with Crippen molar-refractivity contribution < 1.29 is 9.21 Å². The highest BCUT2D eigenvalue weighted by molar-refractivity contribution is 5.97. The molecule has 2 fully saturated rings. The number of hydrogen-bond acceptors (Lipinski definition) is 5. The molecule has 1 saturated carbocycles. The Morgan fingerprint density at radius 3 is 2.91 bits per heavy atom. The standard InChI is InChI=1S/C27H32N6O2/c1-17(21-16-32(2)23-11-4-8-20(26(21)23)24-12-6-14-35-24)15-25(34)33-13-5-9-18-19(7-3-10-22(18)33)27-28-30-31-29-27/h4,6,8,11-12,14,16-19,22H,3,5,7,9-10,13,15H2,1-2H3,(H,28,29,30,31). The van der Waals surface area contributed by atoms with E-state index in [1.807, 2.05) is 12.1 Å². The molecule has 182 valence electrons. The first-order chi connectivity index (χ1) is 17.1. The number of aromatic amines is 1. The molecule has 1 aliphatic heterocycles. The Labute approximate surface area is 204 Å². The summed E-state index contributed by atoms with van der Waals surface area (Å²) in [6, 6.07) is 10.5. The minimum atomic E-state index is 0.0977. The van der Waals surface area contributed by atoms with Crippen LogP contribution in [0.1, 0.15) is 68.7 Å². The van der Waals surface area contributed by atoms with Crippen LogP contribution < -0.4 is 0 Å². The maximum absolute atomic E-state index is 13.7. The fourth-order valence-corrected chi connectivity index (χ4v) is 6.64. The van der Waals surface area contributed by atoms with E-state index in [9.17, 15) is 4.79 Å². The molecule has 2 aliphatic rings. The van der Waals surface area contributed by atoms with Gasteiger partial charge in [-0.2, -0.15) is 0 Å². The highest BCUT2D eigenvalue weighted by atomic mass is 16.3. The van der Waals surface area contributed by atoms with E-state index in [4.69, 9.17) is 4.42 Å². The van der Waals surface area contributed by atoms with Gasteiger partial charge in [0.15, 0.2) is 5.82 Å². The molecule has 0 radical (unpaired) electrons. The van der Waals surface area contributed by atoms with E-state index >= 15 is 0 Å². The van der Waals surface area contributed by atoms with E-state index in [0.29, 0.717) is 18.3 Å². The lowest BCUT2D eigenvalue weighted by Crippen LogP contribution is -2.51. The smallest absolute Gasteiger partial charge is 0.223 e. The third-order valence-electron chi connectivity index (χ3n) is 8.24. The van der Waals surface area contributed by atoms with Crippen molar-refractivity contribution in [3.05, 3.63) is 54.2 Å². The van der Waals surface area contributed by atoms with Gasteiger partial charge in [0.05, 0.1) is 6.26 Å². The number of aryl methyl sites for hydroxylation is 1. The molecular formula is C27H32N6O2. The van der Waals surface area contributed by atoms with Crippen LogP contribution in [-0.4, -0.2) is 48.6 Å². The maximum Gasteiger partial charge on any atom is 0.223 e. The Balaban J connectivity index is 1.26. The molecule has 1 amide bonds. The summed E-state index contributed by atoms with van der Waals surface area (Å²) in [5.41, 5.74) is 3.43. The zero-order valence-corrected chi connectivity index (χ0v) is 20.4. The van der Waals surface area contributed by atoms with Gasteiger partial charge >= 0.3 is 0 Å². The first-order valence-electron chi connectivity index (χ1n) is 12.8. The molecule has 8 heteroatoms. The monoisotopic (exact) mass is 472 g/mol. The van der Waals surface area contributed by atoms with Gasteiger partial charge in [-0.25, -0.2) is 5.10 Å². The molecule has 35 heavy (non-hydrogen) atoms. The molecule has 4 atom stereocenters. The topological polar surface area (TPSA) is 92.8 Å². The van der Waals surface area contributed by atoms with E-state index < -0.39 is 0 Å². The number of benzene rings is 1. The lowest BCUT2D eigenvalue weighted by molar-refractivity contribution is -0.138. The minimum absolute atomic E-state index is 0.0977. The Morgan fingerprint density at radius 2 is 2.11 bits per heavy atom. The molecule has 1 N–H and O–H groups in total. The zero-order chi connectivity index (χ0) is 23.9. The molecule has 8 nitrogen and oxygen atoms in total. The number of nitrogens with zero attached hydrogens (tertiary/aromatic N) is 5. The summed E-state index contributed by atoms with van der Waals surface area (Å²) in [5.74, 6) is 2.83. The molecule has 0 bridgehead atoms. The van der Waals surface area contributed by atoms with Crippen LogP contribution >= 0.6 is 0 Å². The molecule has 1 aliphatic carbocycles. The molecule has 3 aromatic heterocycles. The van der Waals surface area contributed by atoms with Crippen LogP contribution in [0.3, 0.4) is 0 Å². The number of carbonyl (C=O) groups excluding carboxylic acids is 1. The lowest BCUT2D eigenvalue weighted by atomic mass is 9.70. The highest BCUT2D eigenvalue weighted by Crippen LogP contribution is 2.44. The molecule has 6 rings (SSSR count). The number of fused-ring (bicyclic) bond motifs is 2. The lowest BCUT2D eigenvalue weighted by Gasteiger charge is -2.47. The zero-order valence-electron chi connectivity index (χ0n) is 20.4. The van der Waals surface area contributed by atoms with E-state index in [1.165, 1.54) is 10.9 Å². The first-order valence-corrected chi connectivity index (χ1v) is 12.8. The SMILES string of the molecule is CC(CC(=O)N1CCCC2C(c3nnn[nH]3)CCCC21)c1cn(C)c2cccc(-c3ccco3)c12. The molecule has 0 spiro atoms. The van der Waals surface area contributed by atoms with E-state index in [-0.39, 0.29) is 17.9 Å². The number of likely N-dealkylation sites (tertiary alicyclic amines) is 1. The Morgan fingerprint density at radius 1 is 1.20 bits per heavy atom. The normalized spacial score (nSPS) is 23.4. The summed E-state index contributed by atoms with van der Waals surface area (Å²) < 4.78 is 7.91. The van der Waals surface area contributed by atoms with E-state index in [1.54, 1.807) is 6.26 Å². The largest absolute Gasteiger partial charge is 0.464 e. The van der Waals surface area contributed by atoms with Crippen LogP contribution in [0.4, 0.5) is 0 Å². The van der Waals surface area contributed by atoms with Crippen LogP contribution in [-0.2, 0) is 11.8 Å². The predicted molar refractivity (Wildman–Crippen MR) is 133 cm³/mol. The average Bonchev–Trinajstić information content (AvgIpc) is 3.65. The number of amides is 1. The first kappa shape index (κ1) is 22.1. The highest BCUT2D eigenvalue weighted by Gasteiger charge is 2.42. The van der Waals surface area contributed by atoms with Crippen molar-refractivity contribution in [3.8, 4) is 11.3 Å². The Kier molecular flexibility index (Phi) is 5.66. The Bertz CT molecular complexity index is 1310. The van der Waals surface area contributed by atoms with Crippen molar-refractivity contribution in [1.29, 1.82) is 0 Å². The molecule has 1 aromatic carbocycles. The van der Waals surface area contributed by atoms with Gasteiger partial charge in [-0.05, 0) is 71.7 Å². The summed E-state index contributed by atoms with van der Waals surface area (Å²) in [5, 5.41) is 16.0. The number of H-pyrrole nitrogens is 1. The number of carbonyl (C=O) groups is 1. The van der Waals surface area contributed by atoms with Crippen molar-refractivity contribution in [1.82, 2.24) is 30.1 Å². The van der Waals surface area contributed by atoms with Crippen LogP contribution in [0.2, 0.25) is 0 Å². The van der Waals surface area contributed by atoms with Crippen LogP contribution in [0.5, 0.6) is 0 Å². The average molecular weight is 473 g/mol. The number of nitrogens with one attached hydrogen (secondary N) is 1. The van der Waals surface area contributed by atoms with Gasteiger partial charge in [0.1, 0.15) is 5.76 Å². The van der Waals surface area contributed by atoms with Gasteiger partial charge in [-0.1, -0.05) is 25.5 Å². The van der Waals surface area contributed by atoms with Gasteiger partial charge in [-0.15, -0.1) is 5.10 Å². The van der Waals surface area contributed by atoms with Crippen molar-refractivity contribution in [2.75, 3.05) is 6.54 Å². The third-order valence-corrected chi connectivity index (χ3v) is 8.24. The van der Waals surface area contributed by atoms with Crippen molar-refractivity contribution in [2.24, 2.45) is 13.0 Å². The van der Waals surface area contributed by atoms with Gasteiger partial charge in [0.2, 0.25) is 5.91 Å². The fourth-order valence-electron chi connectivity index (χ4n) is 6.64. The van der Waals surface area contributed by atoms with Gasteiger partial charge in [0.25, 0.3) is 0 Å². The molecular weight excluding hydrogens is 440 g/mol. The summed E-state index contributed by atoms with van der Waals surface area (Å²) in [4.78, 5) is 15.9. The van der Waals surface area contributed by atoms with Crippen molar-refractivity contribution in [3.63, 3.8) is 0 Å². The number of tetrazole rings is 1. The van der Waals surface area contributed by atoms with Gasteiger partial charge in [-0.3, -0.25) is 4.79 Å². The van der Waals surface area contributed by atoms with Crippen molar-refractivity contribution >= 4 is 16.8 Å². The predicted octanol–water partition coefficient (Wildman–Crippen LogP) is 5.02. The van der Waals surface area contributed by atoms with Gasteiger partial charge < -0.3 is 13.9 Å². The molecule has 4 heterocycles. The second-order valence-corrected chi connectivity index (χ2v) is 10.3. The third kappa shape index (κ3) is 3.85. The summed E-state index contributed by atoms with van der Waals surface area (Å²) in [7, 11) is 2.07. The summed E-state index contributed by atoms with van der Waals surface area (Å²) >= 11 is 0. The number of aromatic nitrogens is 5. The number of furan rings is 1. The Hall–Kier alpha value is -3.42.